The summed E-state index contributed by atoms with van der Waals surface area (Å²) in [7, 11) is 0. The van der Waals surface area contributed by atoms with Crippen molar-refractivity contribution in [2.24, 2.45) is 0 Å². The Morgan fingerprint density at radius 3 is 2.38 bits per heavy atom. The van der Waals surface area contributed by atoms with Crippen LogP contribution in [0, 0.1) is 0 Å². The number of likely N-dealkylation sites (N-methyl/N-ethyl adjacent to an activating group) is 1. The number of hydrogen-bond donors (Lipinski definition) is 1. The van der Waals surface area contributed by atoms with Crippen molar-refractivity contribution < 1.29 is 9.90 Å². The van der Waals surface area contributed by atoms with Crippen molar-refractivity contribution in [1.29, 1.82) is 0 Å². The molecule has 1 N–H and O–H groups in total. The lowest BCUT2D eigenvalue weighted by Gasteiger charge is -2.26. The SMILES string of the molecule is CCC(C(=O)O)N(CC)Cc1ccccc1. The standard InChI is InChI=1S/C13H19NO2/c1-3-12(13(15)16)14(4-2)10-11-8-6-5-7-9-11/h5-9,12H,3-4,10H2,1-2H3,(H,15,16). The third-order valence-electron chi connectivity index (χ3n) is 2.75. The molecular weight excluding hydrogens is 202 g/mol. The monoisotopic (exact) mass is 221 g/mol. The van der Waals surface area contributed by atoms with Gasteiger partial charge >= 0.3 is 5.97 Å². The van der Waals surface area contributed by atoms with Crippen molar-refractivity contribution in [3.8, 4) is 0 Å². The van der Waals surface area contributed by atoms with Gasteiger partial charge in [0.25, 0.3) is 0 Å². The second-order valence-electron chi connectivity index (χ2n) is 3.81. The van der Waals surface area contributed by atoms with Gasteiger partial charge in [0, 0.05) is 6.54 Å². The van der Waals surface area contributed by atoms with Crippen LogP contribution in [0.1, 0.15) is 25.8 Å². The quantitative estimate of drug-likeness (QED) is 0.801. The molecule has 16 heavy (non-hydrogen) atoms. The molecule has 1 rings (SSSR count). The summed E-state index contributed by atoms with van der Waals surface area (Å²) in [6, 6.07) is 9.59. The molecule has 0 radical (unpaired) electrons. The van der Waals surface area contributed by atoms with Crippen LogP contribution in [0.25, 0.3) is 0 Å². The number of aliphatic carboxylic acids is 1. The van der Waals surface area contributed by atoms with Crippen molar-refractivity contribution in [2.75, 3.05) is 6.54 Å². The molecule has 1 unspecified atom stereocenters. The Balaban J connectivity index is 2.71. The normalized spacial score (nSPS) is 12.7. The average molecular weight is 221 g/mol. The van der Waals surface area contributed by atoms with Gasteiger partial charge in [-0.25, -0.2) is 0 Å². The summed E-state index contributed by atoms with van der Waals surface area (Å²) in [5, 5.41) is 9.11. The fourth-order valence-corrected chi connectivity index (χ4v) is 1.85. The lowest BCUT2D eigenvalue weighted by molar-refractivity contribution is -0.143. The van der Waals surface area contributed by atoms with Crippen LogP contribution in [0.3, 0.4) is 0 Å². The molecule has 1 aromatic carbocycles. The molecule has 0 aliphatic heterocycles. The molecule has 88 valence electrons. The molecule has 0 bridgehead atoms. The minimum absolute atomic E-state index is 0.384. The topological polar surface area (TPSA) is 40.5 Å². The summed E-state index contributed by atoms with van der Waals surface area (Å²) in [5.74, 6) is -0.736. The fourth-order valence-electron chi connectivity index (χ4n) is 1.85. The van der Waals surface area contributed by atoms with Crippen molar-refractivity contribution >= 4 is 5.97 Å². The van der Waals surface area contributed by atoms with E-state index in [0.717, 1.165) is 12.1 Å². The fraction of sp³-hybridized carbons (Fsp3) is 0.462. The molecule has 0 aromatic heterocycles. The zero-order chi connectivity index (χ0) is 12.0. The molecule has 0 heterocycles. The van der Waals surface area contributed by atoms with Crippen LogP contribution in [-0.2, 0) is 11.3 Å². The Hall–Kier alpha value is -1.35. The van der Waals surface area contributed by atoms with E-state index in [-0.39, 0.29) is 6.04 Å². The van der Waals surface area contributed by atoms with Crippen LogP contribution < -0.4 is 0 Å². The summed E-state index contributed by atoms with van der Waals surface area (Å²) >= 11 is 0. The second kappa shape index (κ2) is 6.28. The van der Waals surface area contributed by atoms with Gasteiger partial charge in [-0.3, -0.25) is 9.69 Å². The highest BCUT2D eigenvalue weighted by Crippen LogP contribution is 2.10. The minimum Gasteiger partial charge on any atom is -0.480 e. The van der Waals surface area contributed by atoms with Gasteiger partial charge in [-0.15, -0.1) is 0 Å². The highest BCUT2D eigenvalue weighted by molar-refractivity contribution is 5.73. The van der Waals surface area contributed by atoms with Crippen LogP contribution in [0.2, 0.25) is 0 Å². The van der Waals surface area contributed by atoms with Gasteiger partial charge in [-0.1, -0.05) is 44.2 Å². The first-order chi connectivity index (χ1) is 7.69. The predicted octanol–water partition coefficient (Wildman–Crippen LogP) is 2.37. The molecule has 0 saturated carbocycles. The lowest BCUT2D eigenvalue weighted by Crippen LogP contribution is -2.40. The minimum atomic E-state index is -0.736. The molecule has 0 amide bonds. The van der Waals surface area contributed by atoms with Crippen molar-refractivity contribution in [3.63, 3.8) is 0 Å². The first-order valence-corrected chi connectivity index (χ1v) is 5.69. The van der Waals surface area contributed by atoms with E-state index >= 15 is 0 Å². The third kappa shape index (κ3) is 3.35. The number of rotatable bonds is 6. The lowest BCUT2D eigenvalue weighted by atomic mass is 10.1. The zero-order valence-corrected chi connectivity index (χ0v) is 9.89. The molecule has 3 heteroatoms. The molecule has 1 atom stereocenters. The Morgan fingerprint density at radius 2 is 1.94 bits per heavy atom. The Bertz CT molecular complexity index is 324. The van der Waals surface area contributed by atoms with E-state index in [1.807, 2.05) is 49.1 Å². The first-order valence-electron chi connectivity index (χ1n) is 5.69. The third-order valence-corrected chi connectivity index (χ3v) is 2.75. The predicted molar refractivity (Wildman–Crippen MR) is 64.2 cm³/mol. The van der Waals surface area contributed by atoms with Crippen molar-refractivity contribution in [1.82, 2.24) is 4.90 Å². The van der Waals surface area contributed by atoms with Crippen LogP contribution in [0.4, 0.5) is 0 Å². The number of carboxylic acid groups (broad SMARTS) is 1. The molecule has 0 aliphatic rings. The molecule has 0 aliphatic carbocycles. The van der Waals surface area contributed by atoms with Gasteiger partial charge in [0.2, 0.25) is 0 Å². The van der Waals surface area contributed by atoms with E-state index in [0.29, 0.717) is 13.0 Å². The first kappa shape index (κ1) is 12.7. The average Bonchev–Trinajstić information content (AvgIpc) is 2.29. The number of hydrogen-bond acceptors (Lipinski definition) is 2. The van der Waals surface area contributed by atoms with E-state index in [1.54, 1.807) is 0 Å². The van der Waals surface area contributed by atoms with Gasteiger partial charge in [-0.2, -0.15) is 0 Å². The van der Waals surface area contributed by atoms with E-state index in [9.17, 15) is 4.79 Å². The number of nitrogens with zero attached hydrogens (tertiary/aromatic N) is 1. The van der Waals surface area contributed by atoms with Crippen LogP contribution in [0.15, 0.2) is 30.3 Å². The Kier molecular flexibility index (Phi) is 4.99. The highest BCUT2D eigenvalue weighted by atomic mass is 16.4. The van der Waals surface area contributed by atoms with E-state index in [2.05, 4.69) is 0 Å². The van der Waals surface area contributed by atoms with Gasteiger partial charge in [0.05, 0.1) is 0 Å². The number of carbonyl (C=O) groups is 1. The molecular formula is C13H19NO2. The van der Waals surface area contributed by atoms with Gasteiger partial charge < -0.3 is 5.11 Å². The smallest absolute Gasteiger partial charge is 0.320 e. The highest BCUT2D eigenvalue weighted by Gasteiger charge is 2.22. The van der Waals surface area contributed by atoms with Crippen LogP contribution in [0.5, 0.6) is 0 Å². The Morgan fingerprint density at radius 1 is 1.31 bits per heavy atom. The number of benzene rings is 1. The number of carboxylic acids is 1. The molecule has 0 saturated heterocycles. The Labute approximate surface area is 96.7 Å². The van der Waals surface area contributed by atoms with Gasteiger partial charge in [-0.05, 0) is 18.5 Å². The molecule has 3 nitrogen and oxygen atoms in total. The summed E-state index contributed by atoms with van der Waals surface area (Å²) in [6.07, 6.45) is 0.635. The van der Waals surface area contributed by atoms with Crippen molar-refractivity contribution in [2.45, 2.75) is 32.9 Å². The summed E-state index contributed by atoms with van der Waals surface area (Å²) in [4.78, 5) is 13.1. The maximum absolute atomic E-state index is 11.1. The van der Waals surface area contributed by atoms with E-state index in [1.165, 1.54) is 0 Å². The summed E-state index contributed by atoms with van der Waals surface area (Å²) < 4.78 is 0. The summed E-state index contributed by atoms with van der Waals surface area (Å²) in [6.45, 7) is 5.35. The molecule has 1 aromatic rings. The van der Waals surface area contributed by atoms with Crippen LogP contribution in [-0.4, -0.2) is 28.6 Å². The van der Waals surface area contributed by atoms with Gasteiger partial charge in [0.15, 0.2) is 0 Å². The molecule has 0 spiro atoms. The zero-order valence-electron chi connectivity index (χ0n) is 9.89. The maximum atomic E-state index is 11.1. The van der Waals surface area contributed by atoms with Crippen molar-refractivity contribution in [3.05, 3.63) is 35.9 Å². The maximum Gasteiger partial charge on any atom is 0.320 e. The van der Waals surface area contributed by atoms with Crippen LogP contribution >= 0.6 is 0 Å². The second-order valence-corrected chi connectivity index (χ2v) is 3.81. The van der Waals surface area contributed by atoms with E-state index in [4.69, 9.17) is 5.11 Å². The van der Waals surface area contributed by atoms with Gasteiger partial charge in [0.1, 0.15) is 6.04 Å². The molecule has 0 fully saturated rings. The largest absolute Gasteiger partial charge is 0.480 e. The van der Waals surface area contributed by atoms with E-state index < -0.39 is 5.97 Å². The summed E-state index contributed by atoms with van der Waals surface area (Å²) in [5.41, 5.74) is 1.16.